The molecule has 1 atom stereocenters. The molecule has 0 aromatic heterocycles. The average molecular weight is 245 g/mol. The van der Waals surface area contributed by atoms with Crippen molar-refractivity contribution in [2.45, 2.75) is 25.2 Å². The van der Waals surface area contributed by atoms with Crippen LogP contribution in [-0.4, -0.2) is 19.3 Å². The highest BCUT2D eigenvalue weighted by Gasteiger charge is 2.31. The van der Waals surface area contributed by atoms with Crippen molar-refractivity contribution in [3.63, 3.8) is 0 Å². The van der Waals surface area contributed by atoms with Crippen molar-refractivity contribution in [3.05, 3.63) is 35.4 Å². The molecule has 1 N–H and O–H groups in total. The third-order valence-electron chi connectivity index (χ3n) is 2.84. The maximum absolute atomic E-state index is 12.5. The molecular weight excluding hydrogens is 231 g/mol. The van der Waals surface area contributed by atoms with Gasteiger partial charge in [-0.05, 0) is 24.6 Å². The molecule has 94 valence electrons. The number of halogens is 3. The van der Waals surface area contributed by atoms with Crippen molar-refractivity contribution in [2.24, 2.45) is 0 Å². The number of benzene rings is 1. The first-order valence-electron chi connectivity index (χ1n) is 5.48. The Morgan fingerprint density at radius 3 is 2.59 bits per heavy atom. The van der Waals surface area contributed by atoms with Gasteiger partial charge in [0.1, 0.15) is 0 Å². The van der Waals surface area contributed by atoms with Gasteiger partial charge in [0.15, 0.2) is 0 Å². The molecule has 1 saturated heterocycles. The first-order valence-corrected chi connectivity index (χ1v) is 5.48. The summed E-state index contributed by atoms with van der Waals surface area (Å²) in [6.07, 6.45) is -4.28. The Labute approximate surface area is 97.8 Å². The molecule has 1 heterocycles. The highest BCUT2D eigenvalue weighted by Crippen LogP contribution is 2.30. The monoisotopic (exact) mass is 245 g/mol. The summed E-state index contributed by atoms with van der Waals surface area (Å²) < 4.78 is 42.6. The van der Waals surface area contributed by atoms with Crippen LogP contribution in [0.25, 0.3) is 0 Å². The van der Waals surface area contributed by atoms with Gasteiger partial charge in [0.05, 0.1) is 24.8 Å². The lowest BCUT2D eigenvalue weighted by Gasteiger charge is -2.30. The summed E-state index contributed by atoms with van der Waals surface area (Å²) in [5, 5.41) is 3.22. The standard InChI is InChI=1S/C12H14F3NO/c1-8(16-11-6-17-7-11)9-3-2-4-10(5-9)12(13,14)15/h2-5,8,11,16H,6-7H2,1H3/t8-/m1/s1. The number of ether oxygens (including phenoxy) is 1. The normalized spacial score (nSPS) is 18.8. The lowest BCUT2D eigenvalue weighted by Crippen LogP contribution is -2.46. The number of hydrogen-bond acceptors (Lipinski definition) is 2. The summed E-state index contributed by atoms with van der Waals surface area (Å²) in [4.78, 5) is 0. The van der Waals surface area contributed by atoms with Crippen LogP contribution in [0, 0.1) is 0 Å². The second-order valence-electron chi connectivity index (χ2n) is 4.25. The van der Waals surface area contributed by atoms with Crippen LogP contribution in [0.3, 0.4) is 0 Å². The van der Waals surface area contributed by atoms with E-state index in [9.17, 15) is 13.2 Å². The summed E-state index contributed by atoms with van der Waals surface area (Å²) in [7, 11) is 0. The molecule has 2 nitrogen and oxygen atoms in total. The minimum Gasteiger partial charge on any atom is -0.378 e. The van der Waals surface area contributed by atoms with Crippen LogP contribution < -0.4 is 5.32 Å². The van der Waals surface area contributed by atoms with E-state index in [4.69, 9.17) is 4.74 Å². The summed E-state index contributed by atoms with van der Waals surface area (Å²) >= 11 is 0. The fraction of sp³-hybridized carbons (Fsp3) is 0.500. The smallest absolute Gasteiger partial charge is 0.378 e. The quantitative estimate of drug-likeness (QED) is 0.884. The first-order chi connectivity index (χ1) is 7.97. The van der Waals surface area contributed by atoms with Crippen molar-refractivity contribution in [3.8, 4) is 0 Å². The summed E-state index contributed by atoms with van der Waals surface area (Å²) in [5.74, 6) is 0. The van der Waals surface area contributed by atoms with E-state index in [1.54, 1.807) is 6.07 Å². The first kappa shape index (κ1) is 12.4. The molecule has 5 heteroatoms. The lowest BCUT2D eigenvalue weighted by atomic mass is 10.0. The van der Waals surface area contributed by atoms with E-state index >= 15 is 0 Å². The van der Waals surface area contributed by atoms with Crippen LogP contribution in [0.1, 0.15) is 24.1 Å². The number of rotatable bonds is 3. The minimum atomic E-state index is -4.28. The number of nitrogens with one attached hydrogen (secondary N) is 1. The van der Waals surface area contributed by atoms with Crippen molar-refractivity contribution in [2.75, 3.05) is 13.2 Å². The van der Waals surface area contributed by atoms with Gasteiger partial charge in [-0.15, -0.1) is 0 Å². The van der Waals surface area contributed by atoms with Crippen molar-refractivity contribution in [1.82, 2.24) is 5.32 Å². The maximum atomic E-state index is 12.5. The van der Waals surface area contributed by atoms with E-state index in [0.717, 1.165) is 6.07 Å². The topological polar surface area (TPSA) is 21.3 Å². The Morgan fingerprint density at radius 2 is 2.06 bits per heavy atom. The van der Waals surface area contributed by atoms with Gasteiger partial charge in [-0.1, -0.05) is 12.1 Å². The zero-order valence-electron chi connectivity index (χ0n) is 9.42. The molecule has 1 fully saturated rings. The zero-order valence-corrected chi connectivity index (χ0v) is 9.42. The van der Waals surface area contributed by atoms with Gasteiger partial charge in [0.2, 0.25) is 0 Å². The van der Waals surface area contributed by atoms with Gasteiger partial charge < -0.3 is 10.1 Å². The van der Waals surface area contributed by atoms with Crippen molar-refractivity contribution >= 4 is 0 Å². The maximum Gasteiger partial charge on any atom is 0.416 e. The highest BCUT2D eigenvalue weighted by atomic mass is 19.4. The fourth-order valence-corrected chi connectivity index (χ4v) is 1.77. The van der Waals surface area contributed by atoms with Gasteiger partial charge in [-0.3, -0.25) is 0 Å². The second kappa shape index (κ2) is 4.66. The molecule has 0 unspecified atom stereocenters. The molecular formula is C12H14F3NO. The van der Waals surface area contributed by atoms with Crippen LogP contribution in [0.2, 0.25) is 0 Å². The van der Waals surface area contributed by atoms with Gasteiger partial charge >= 0.3 is 6.18 Å². The predicted molar refractivity (Wildman–Crippen MR) is 57.6 cm³/mol. The molecule has 1 aliphatic heterocycles. The third-order valence-corrected chi connectivity index (χ3v) is 2.84. The van der Waals surface area contributed by atoms with Crippen molar-refractivity contribution < 1.29 is 17.9 Å². The number of alkyl halides is 3. The summed E-state index contributed by atoms with van der Waals surface area (Å²) in [6.45, 7) is 3.11. The van der Waals surface area contributed by atoms with Gasteiger partial charge in [-0.2, -0.15) is 13.2 Å². The molecule has 0 radical (unpaired) electrons. The average Bonchev–Trinajstić information content (AvgIpc) is 2.22. The molecule has 1 aromatic carbocycles. The van der Waals surface area contributed by atoms with E-state index in [1.165, 1.54) is 12.1 Å². The van der Waals surface area contributed by atoms with Gasteiger partial charge in [-0.25, -0.2) is 0 Å². The fourth-order valence-electron chi connectivity index (χ4n) is 1.77. The Hall–Kier alpha value is -1.07. The molecule has 1 aromatic rings. The lowest BCUT2D eigenvalue weighted by molar-refractivity contribution is -0.137. The third kappa shape index (κ3) is 2.98. The predicted octanol–water partition coefficient (Wildman–Crippen LogP) is 2.75. The largest absolute Gasteiger partial charge is 0.416 e. The minimum absolute atomic E-state index is 0.105. The molecule has 0 saturated carbocycles. The number of hydrogen-bond donors (Lipinski definition) is 1. The molecule has 0 spiro atoms. The van der Waals surface area contributed by atoms with Gasteiger partial charge in [0, 0.05) is 6.04 Å². The van der Waals surface area contributed by atoms with Crippen LogP contribution >= 0.6 is 0 Å². The van der Waals surface area contributed by atoms with E-state index in [0.29, 0.717) is 18.8 Å². The molecule has 0 aliphatic carbocycles. The summed E-state index contributed by atoms with van der Waals surface area (Å²) in [5.41, 5.74) is 0.0419. The molecule has 0 bridgehead atoms. The van der Waals surface area contributed by atoms with E-state index < -0.39 is 11.7 Å². The highest BCUT2D eigenvalue weighted by molar-refractivity contribution is 5.27. The zero-order chi connectivity index (χ0) is 12.5. The second-order valence-corrected chi connectivity index (χ2v) is 4.25. The van der Waals surface area contributed by atoms with Crippen LogP contribution in [-0.2, 0) is 10.9 Å². The van der Waals surface area contributed by atoms with Crippen LogP contribution in [0.15, 0.2) is 24.3 Å². The van der Waals surface area contributed by atoms with E-state index in [1.807, 2.05) is 6.92 Å². The van der Waals surface area contributed by atoms with E-state index in [-0.39, 0.29) is 12.1 Å². The molecule has 17 heavy (non-hydrogen) atoms. The van der Waals surface area contributed by atoms with E-state index in [2.05, 4.69) is 5.32 Å². The molecule has 1 aliphatic rings. The molecule has 0 amide bonds. The Kier molecular flexibility index (Phi) is 3.40. The summed E-state index contributed by atoms with van der Waals surface area (Å²) in [6, 6.07) is 5.56. The van der Waals surface area contributed by atoms with Crippen molar-refractivity contribution in [1.29, 1.82) is 0 Å². The van der Waals surface area contributed by atoms with Crippen LogP contribution in [0.4, 0.5) is 13.2 Å². The molecule has 2 rings (SSSR count). The van der Waals surface area contributed by atoms with Gasteiger partial charge in [0.25, 0.3) is 0 Å². The van der Waals surface area contributed by atoms with Crippen LogP contribution in [0.5, 0.6) is 0 Å². The Balaban J connectivity index is 2.09. The Bertz CT molecular complexity index is 388. The SMILES string of the molecule is C[C@@H](NC1COC1)c1cccc(C(F)(F)F)c1. The Morgan fingerprint density at radius 1 is 1.35 bits per heavy atom.